The van der Waals surface area contributed by atoms with E-state index < -0.39 is 6.36 Å². The second-order valence-electron chi connectivity index (χ2n) is 7.50. The minimum atomic E-state index is -4.73. The lowest BCUT2D eigenvalue weighted by atomic mass is 10.1. The van der Waals surface area contributed by atoms with Gasteiger partial charge in [-0.1, -0.05) is 12.5 Å². The van der Waals surface area contributed by atoms with Gasteiger partial charge in [-0.15, -0.1) is 13.2 Å². The van der Waals surface area contributed by atoms with Gasteiger partial charge in [-0.3, -0.25) is 0 Å². The van der Waals surface area contributed by atoms with Crippen LogP contribution in [0.2, 0.25) is 0 Å². The third-order valence-electron chi connectivity index (χ3n) is 4.97. The van der Waals surface area contributed by atoms with Gasteiger partial charge in [0.1, 0.15) is 11.6 Å². The van der Waals surface area contributed by atoms with E-state index in [0.29, 0.717) is 30.3 Å². The molecule has 2 heterocycles. The maximum Gasteiger partial charge on any atom is 0.573 e. The molecule has 3 rings (SSSR count). The number of allylic oxidation sites excluding steroid dienone is 1. The first-order valence-electron chi connectivity index (χ1n) is 9.73. The van der Waals surface area contributed by atoms with Crippen LogP contribution in [0.3, 0.4) is 0 Å². The van der Waals surface area contributed by atoms with Crippen LogP contribution >= 0.6 is 0 Å². The highest BCUT2D eigenvalue weighted by Crippen LogP contribution is 2.33. The van der Waals surface area contributed by atoms with Gasteiger partial charge in [-0.2, -0.15) is 4.98 Å². The van der Waals surface area contributed by atoms with Gasteiger partial charge < -0.3 is 20.3 Å². The van der Waals surface area contributed by atoms with E-state index in [4.69, 9.17) is 15.7 Å². The Morgan fingerprint density at radius 3 is 2.43 bits per heavy atom. The fourth-order valence-electron chi connectivity index (χ4n) is 3.23. The molecule has 1 aromatic carbocycles. The number of ether oxygens (including phenoxy) is 1. The number of hydrogen-bond acceptors (Lipinski definition) is 6. The van der Waals surface area contributed by atoms with Crippen molar-refractivity contribution in [2.75, 3.05) is 29.9 Å². The number of nitrogens with zero attached hydrogens (tertiary/aromatic N) is 4. The smallest absolute Gasteiger partial charge is 0.406 e. The Balaban J connectivity index is 2.02. The van der Waals surface area contributed by atoms with Crippen molar-refractivity contribution in [1.82, 2.24) is 9.97 Å². The van der Waals surface area contributed by atoms with Crippen molar-refractivity contribution in [2.45, 2.75) is 39.6 Å². The molecular weight excluding hydrogens is 395 g/mol. The zero-order valence-corrected chi connectivity index (χ0v) is 17.5. The van der Waals surface area contributed by atoms with Crippen LogP contribution in [0.4, 0.5) is 24.9 Å². The van der Waals surface area contributed by atoms with Crippen LogP contribution in [0.1, 0.15) is 25.8 Å². The molecule has 2 N–H and O–H groups in total. The van der Waals surface area contributed by atoms with E-state index in [1.165, 1.54) is 17.7 Å². The third kappa shape index (κ3) is 5.02. The van der Waals surface area contributed by atoms with Crippen LogP contribution in [0.15, 0.2) is 36.0 Å². The molecule has 0 spiro atoms. The normalized spacial score (nSPS) is 15.2. The lowest BCUT2D eigenvalue weighted by Crippen LogP contribution is -2.56. The molecule has 1 aliphatic heterocycles. The second kappa shape index (κ2) is 8.51. The van der Waals surface area contributed by atoms with Gasteiger partial charge in [-0.25, -0.2) is 4.98 Å². The Morgan fingerprint density at radius 2 is 1.90 bits per heavy atom. The van der Waals surface area contributed by atoms with Crippen molar-refractivity contribution in [3.05, 3.63) is 41.6 Å². The van der Waals surface area contributed by atoms with E-state index in [1.807, 2.05) is 36.9 Å². The molecule has 0 aliphatic carbocycles. The lowest BCUT2D eigenvalue weighted by Gasteiger charge is -2.37. The Morgan fingerprint density at radius 1 is 1.27 bits per heavy atom. The maximum absolute atomic E-state index is 12.5. The highest BCUT2D eigenvalue weighted by Gasteiger charge is 2.31. The van der Waals surface area contributed by atoms with E-state index >= 15 is 0 Å². The van der Waals surface area contributed by atoms with Crippen LogP contribution in [-0.4, -0.2) is 42.5 Å². The molecule has 0 atom stereocenters. The van der Waals surface area contributed by atoms with Gasteiger partial charge >= 0.3 is 6.36 Å². The van der Waals surface area contributed by atoms with Crippen molar-refractivity contribution in [3.8, 4) is 17.0 Å². The third-order valence-corrected chi connectivity index (χ3v) is 4.97. The van der Waals surface area contributed by atoms with Crippen molar-refractivity contribution >= 4 is 11.8 Å². The van der Waals surface area contributed by atoms with Gasteiger partial charge in [-0.05, 0) is 44.5 Å². The van der Waals surface area contributed by atoms with E-state index in [9.17, 15) is 13.2 Å². The molecule has 1 aliphatic rings. The molecule has 2 aromatic rings. The first-order valence-corrected chi connectivity index (χ1v) is 9.73. The number of hydrogen-bond donors (Lipinski definition) is 1. The molecule has 30 heavy (non-hydrogen) atoms. The number of nitrogens with two attached hydrogens (primary N) is 1. The van der Waals surface area contributed by atoms with E-state index in [2.05, 4.69) is 11.7 Å². The summed E-state index contributed by atoms with van der Waals surface area (Å²) in [5.74, 6) is 1.02. The monoisotopic (exact) mass is 421 g/mol. The average Bonchev–Trinajstić information content (AvgIpc) is 2.65. The highest BCUT2D eigenvalue weighted by molar-refractivity contribution is 5.71. The Kier molecular flexibility index (Phi) is 6.21. The number of benzene rings is 1. The van der Waals surface area contributed by atoms with Crippen LogP contribution in [-0.2, 0) is 0 Å². The van der Waals surface area contributed by atoms with Crippen LogP contribution in [0.25, 0.3) is 11.3 Å². The molecule has 1 saturated heterocycles. The fourth-order valence-corrected chi connectivity index (χ4v) is 3.23. The summed E-state index contributed by atoms with van der Waals surface area (Å²) >= 11 is 0. The van der Waals surface area contributed by atoms with Crippen molar-refractivity contribution in [1.29, 1.82) is 0 Å². The highest BCUT2D eigenvalue weighted by atomic mass is 19.4. The van der Waals surface area contributed by atoms with Crippen molar-refractivity contribution < 1.29 is 17.9 Å². The van der Waals surface area contributed by atoms with Crippen LogP contribution in [0.5, 0.6) is 5.75 Å². The Hall–Kier alpha value is -2.81. The molecule has 1 fully saturated rings. The van der Waals surface area contributed by atoms with Gasteiger partial charge in [0.05, 0.1) is 5.69 Å². The first kappa shape index (κ1) is 21.9. The summed E-state index contributed by atoms with van der Waals surface area (Å²) in [6, 6.07) is 5.79. The number of halogens is 3. The minimum absolute atomic E-state index is 0.0839. The largest absolute Gasteiger partial charge is 0.573 e. The number of aromatic nitrogens is 2. The number of anilines is 2. The fraction of sp³-hybridized carbons (Fsp3) is 0.429. The molecule has 6 nitrogen and oxygen atoms in total. The molecule has 1 aromatic heterocycles. The summed E-state index contributed by atoms with van der Waals surface area (Å²) in [4.78, 5) is 13.4. The van der Waals surface area contributed by atoms with E-state index in [0.717, 1.165) is 17.8 Å². The lowest BCUT2D eigenvalue weighted by molar-refractivity contribution is -0.274. The summed E-state index contributed by atoms with van der Waals surface area (Å²) in [5, 5.41) is 0. The van der Waals surface area contributed by atoms with E-state index in [1.54, 1.807) is 12.1 Å². The topological polar surface area (TPSA) is 67.5 Å². The average molecular weight is 421 g/mol. The SMILES string of the molecule is CC/C(C)=C/N(C)c1nc(N2CC(N)C2)nc(-c2ccc(OC(F)(F)F)cc2)c1C. The Bertz CT molecular complexity index is 921. The molecule has 0 radical (unpaired) electrons. The Labute approximate surface area is 174 Å². The zero-order chi connectivity index (χ0) is 22.1. The molecule has 0 unspecified atom stereocenters. The maximum atomic E-state index is 12.5. The molecule has 162 valence electrons. The summed E-state index contributed by atoms with van der Waals surface area (Å²) < 4.78 is 41.3. The number of alkyl halides is 3. The predicted molar refractivity (Wildman–Crippen MR) is 112 cm³/mol. The first-order chi connectivity index (χ1) is 14.1. The van der Waals surface area contributed by atoms with Crippen LogP contribution < -0.4 is 20.3 Å². The standard InChI is InChI=1S/C21H26F3N5O/c1-5-13(2)10-28(4)19-14(3)18(26-20(27-19)29-11-16(25)12-29)15-6-8-17(9-7-15)30-21(22,23)24/h6-10,16H,5,11-12,25H2,1-4H3/b13-10+. The van der Waals surface area contributed by atoms with Gasteiger partial charge in [0.2, 0.25) is 5.95 Å². The molecule has 0 bridgehead atoms. The quantitative estimate of drug-likeness (QED) is 0.752. The number of rotatable bonds is 6. The summed E-state index contributed by atoms with van der Waals surface area (Å²) in [5.41, 5.74) is 9.27. The second-order valence-corrected chi connectivity index (χ2v) is 7.50. The molecule has 0 saturated carbocycles. The zero-order valence-electron chi connectivity index (χ0n) is 17.5. The van der Waals surface area contributed by atoms with Crippen molar-refractivity contribution in [2.24, 2.45) is 5.73 Å². The van der Waals surface area contributed by atoms with Crippen LogP contribution in [0, 0.1) is 6.92 Å². The molecule has 0 amide bonds. The summed E-state index contributed by atoms with van der Waals surface area (Å²) in [6.07, 6.45) is -1.80. The van der Waals surface area contributed by atoms with Gasteiger partial charge in [0.15, 0.2) is 0 Å². The predicted octanol–water partition coefficient (Wildman–Crippen LogP) is 4.25. The minimum Gasteiger partial charge on any atom is -0.406 e. The van der Waals surface area contributed by atoms with Crippen molar-refractivity contribution in [3.63, 3.8) is 0 Å². The van der Waals surface area contributed by atoms with E-state index in [-0.39, 0.29) is 11.8 Å². The molecular formula is C21H26F3N5O. The van der Waals surface area contributed by atoms with Gasteiger partial charge in [0, 0.05) is 43.5 Å². The van der Waals surface area contributed by atoms with Gasteiger partial charge in [0.25, 0.3) is 0 Å². The molecule has 9 heteroatoms. The summed E-state index contributed by atoms with van der Waals surface area (Å²) in [7, 11) is 1.92. The summed E-state index contributed by atoms with van der Waals surface area (Å²) in [6.45, 7) is 7.35.